The Morgan fingerprint density at radius 2 is 1.81 bits per heavy atom. The molecular formula is C17H22N4. The van der Waals surface area contributed by atoms with Gasteiger partial charge in [-0.2, -0.15) is 0 Å². The van der Waals surface area contributed by atoms with Crippen molar-refractivity contribution in [2.45, 2.75) is 32.7 Å². The van der Waals surface area contributed by atoms with Crippen LogP contribution in [0.5, 0.6) is 0 Å². The molecular weight excluding hydrogens is 260 g/mol. The largest absolute Gasteiger partial charge is 0.366 e. The average Bonchev–Trinajstić information content (AvgIpc) is 2.52. The molecule has 2 heterocycles. The molecule has 0 aliphatic carbocycles. The second-order valence-corrected chi connectivity index (χ2v) is 5.77. The van der Waals surface area contributed by atoms with Crippen molar-refractivity contribution in [1.82, 2.24) is 15.5 Å². The number of hydrogen-bond acceptors (Lipinski definition) is 4. The SMILES string of the molecule is Cc1ccc(-c2ccc(NC3CCNCC3)nn2)cc1C. The lowest BCUT2D eigenvalue weighted by Gasteiger charge is -2.23. The molecule has 0 saturated carbocycles. The molecule has 1 aromatic heterocycles. The van der Waals surface area contributed by atoms with Crippen molar-refractivity contribution in [3.8, 4) is 11.3 Å². The smallest absolute Gasteiger partial charge is 0.148 e. The van der Waals surface area contributed by atoms with Gasteiger partial charge in [-0.1, -0.05) is 12.1 Å². The molecule has 0 bridgehead atoms. The summed E-state index contributed by atoms with van der Waals surface area (Å²) in [7, 11) is 0. The molecule has 1 fully saturated rings. The number of anilines is 1. The summed E-state index contributed by atoms with van der Waals surface area (Å²) in [6.07, 6.45) is 2.28. The van der Waals surface area contributed by atoms with Gasteiger partial charge < -0.3 is 10.6 Å². The van der Waals surface area contributed by atoms with Crippen LogP contribution in [0.4, 0.5) is 5.82 Å². The highest BCUT2D eigenvalue weighted by Crippen LogP contribution is 2.21. The topological polar surface area (TPSA) is 49.8 Å². The number of piperidine rings is 1. The predicted octanol–water partition coefficient (Wildman–Crippen LogP) is 2.92. The Balaban J connectivity index is 1.72. The third kappa shape index (κ3) is 3.39. The standard InChI is InChI=1S/C17H22N4/c1-12-3-4-14(11-13(12)2)16-5-6-17(21-20-16)19-15-7-9-18-10-8-15/h3-6,11,15,18H,7-10H2,1-2H3,(H,19,21). The van der Waals surface area contributed by atoms with Crippen molar-refractivity contribution in [2.24, 2.45) is 0 Å². The van der Waals surface area contributed by atoms with Crippen LogP contribution in [0.25, 0.3) is 11.3 Å². The van der Waals surface area contributed by atoms with Gasteiger partial charge in [0.1, 0.15) is 5.82 Å². The average molecular weight is 282 g/mol. The van der Waals surface area contributed by atoms with E-state index in [4.69, 9.17) is 0 Å². The molecule has 3 rings (SSSR count). The van der Waals surface area contributed by atoms with Crippen molar-refractivity contribution in [3.63, 3.8) is 0 Å². The van der Waals surface area contributed by atoms with Gasteiger partial charge in [-0.05, 0) is 69.1 Å². The van der Waals surface area contributed by atoms with E-state index >= 15 is 0 Å². The maximum Gasteiger partial charge on any atom is 0.148 e. The van der Waals surface area contributed by atoms with Gasteiger partial charge in [-0.15, -0.1) is 10.2 Å². The van der Waals surface area contributed by atoms with Crippen LogP contribution in [0.2, 0.25) is 0 Å². The van der Waals surface area contributed by atoms with Crippen LogP contribution in [0.3, 0.4) is 0 Å². The summed E-state index contributed by atoms with van der Waals surface area (Å²) in [4.78, 5) is 0. The van der Waals surface area contributed by atoms with E-state index in [1.54, 1.807) is 0 Å². The van der Waals surface area contributed by atoms with E-state index < -0.39 is 0 Å². The van der Waals surface area contributed by atoms with Gasteiger partial charge >= 0.3 is 0 Å². The third-order valence-electron chi connectivity index (χ3n) is 4.16. The van der Waals surface area contributed by atoms with E-state index in [0.717, 1.165) is 43.0 Å². The van der Waals surface area contributed by atoms with E-state index in [1.165, 1.54) is 11.1 Å². The molecule has 2 aromatic rings. The molecule has 0 amide bonds. The molecule has 0 radical (unpaired) electrons. The number of rotatable bonds is 3. The number of nitrogens with zero attached hydrogens (tertiary/aromatic N) is 2. The minimum Gasteiger partial charge on any atom is -0.366 e. The Morgan fingerprint density at radius 3 is 2.48 bits per heavy atom. The fraction of sp³-hybridized carbons (Fsp3) is 0.412. The molecule has 1 aliphatic rings. The Kier molecular flexibility index (Phi) is 4.15. The Bertz CT molecular complexity index is 601. The lowest BCUT2D eigenvalue weighted by Crippen LogP contribution is -2.35. The number of nitrogens with one attached hydrogen (secondary N) is 2. The quantitative estimate of drug-likeness (QED) is 0.909. The van der Waals surface area contributed by atoms with Crippen LogP contribution >= 0.6 is 0 Å². The highest BCUT2D eigenvalue weighted by atomic mass is 15.2. The van der Waals surface area contributed by atoms with Gasteiger partial charge in [0.2, 0.25) is 0 Å². The molecule has 4 nitrogen and oxygen atoms in total. The van der Waals surface area contributed by atoms with Gasteiger partial charge in [0.05, 0.1) is 5.69 Å². The van der Waals surface area contributed by atoms with E-state index in [2.05, 4.69) is 52.9 Å². The van der Waals surface area contributed by atoms with Crippen LogP contribution in [0, 0.1) is 13.8 Å². The first-order valence-corrected chi connectivity index (χ1v) is 7.61. The van der Waals surface area contributed by atoms with Gasteiger partial charge in [-0.25, -0.2) is 0 Å². The molecule has 4 heteroatoms. The number of aromatic nitrogens is 2. The summed E-state index contributed by atoms with van der Waals surface area (Å²) in [5.74, 6) is 0.870. The first-order valence-electron chi connectivity index (χ1n) is 7.61. The lowest BCUT2D eigenvalue weighted by atomic mass is 10.0. The minimum atomic E-state index is 0.507. The summed E-state index contributed by atoms with van der Waals surface area (Å²) in [5, 5.41) is 15.5. The molecule has 1 aliphatic heterocycles. The normalized spacial score (nSPS) is 15.9. The van der Waals surface area contributed by atoms with Crippen molar-refractivity contribution < 1.29 is 0 Å². The van der Waals surface area contributed by atoms with E-state index in [0.29, 0.717) is 6.04 Å². The highest BCUT2D eigenvalue weighted by Gasteiger charge is 2.13. The second-order valence-electron chi connectivity index (χ2n) is 5.77. The molecule has 2 N–H and O–H groups in total. The minimum absolute atomic E-state index is 0.507. The second kappa shape index (κ2) is 6.22. The molecule has 1 saturated heterocycles. The molecule has 0 atom stereocenters. The maximum absolute atomic E-state index is 4.36. The van der Waals surface area contributed by atoms with Gasteiger partial charge in [0, 0.05) is 11.6 Å². The molecule has 110 valence electrons. The van der Waals surface area contributed by atoms with Crippen molar-refractivity contribution in [1.29, 1.82) is 0 Å². The van der Waals surface area contributed by atoms with Gasteiger partial charge in [0.25, 0.3) is 0 Å². The van der Waals surface area contributed by atoms with Gasteiger partial charge in [0.15, 0.2) is 0 Å². The maximum atomic E-state index is 4.36. The summed E-state index contributed by atoms with van der Waals surface area (Å²) >= 11 is 0. The Morgan fingerprint density at radius 1 is 1.00 bits per heavy atom. The van der Waals surface area contributed by atoms with Crippen LogP contribution in [0.15, 0.2) is 30.3 Å². The zero-order chi connectivity index (χ0) is 14.7. The van der Waals surface area contributed by atoms with Crippen LogP contribution < -0.4 is 10.6 Å². The fourth-order valence-electron chi connectivity index (χ4n) is 2.64. The summed E-state index contributed by atoms with van der Waals surface area (Å²) in [6.45, 7) is 6.40. The molecule has 1 aromatic carbocycles. The van der Waals surface area contributed by atoms with E-state index in [-0.39, 0.29) is 0 Å². The predicted molar refractivity (Wildman–Crippen MR) is 86.5 cm³/mol. The van der Waals surface area contributed by atoms with Crippen LogP contribution in [-0.4, -0.2) is 29.3 Å². The fourth-order valence-corrected chi connectivity index (χ4v) is 2.64. The van der Waals surface area contributed by atoms with Crippen LogP contribution in [-0.2, 0) is 0 Å². The molecule has 0 spiro atoms. The van der Waals surface area contributed by atoms with Crippen molar-refractivity contribution in [2.75, 3.05) is 18.4 Å². The number of aryl methyl sites for hydroxylation is 2. The van der Waals surface area contributed by atoms with E-state index in [1.807, 2.05) is 12.1 Å². The van der Waals surface area contributed by atoms with Crippen molar-refractivity contribution in [3.05, 3.63) is 41.5 Å². The number of hydrogen-bond donors (Lipinski definition) is 2. The van der Waals surface area contributed by atoms with Crippen molar-refractivity contribution >= 4 is 5.82 Å². The Hall–Kier alpha value is -1.94. The zero-order valence-electron chi connectivity index (χ0n) is 12.7. The monoisotopic (exact) mass is 282 g/mol. The first-order chi connectivity index (χ1) is 10.2. The Labute approximate surface area is 126 Å². The van der Waals surface area contributed by atoms with E-state index in [9.17, 15) is 0 Å². The summed E-state index contributed by atoms with van der Waals surface area (Å²) in [6, 6.07) is 11.0. The van der Waals surface area contributed by atoms with Crippen LogP contribution in [0.1, 0.15) is 24.0 Å². The lowest BCUT2D eigenvalue weighted by molar-refractivity contribution is 0.478. The zero-order valence-corrected chi connectivity index (χ0v) is 12.7. The third-order valence-corrected chi connectivity index (χ3v) is 4.16. The van der Waals surface area contributed by atoms with Gasteiger partial charge in [-0.3, -0.25) is 0 Å². The molecule has 0 unspecified atom stereocenters. The molecule has 21 heavy (non-hydrogen) atoms. The highest BCUT2D eigenvalue weighted by molar-refractivity contribution is 5.61. The summed E-state index contributed by atoms with van der Waals surface area (Å²) in [5.41, 5.74) is 4.63. The summed E-state index contributed by atoms with van der Waals surface area (Å²) < 4.78 is 0. The first kappa shape index (κ1) is 14.0. The number of benzene rings is 1.